The maximum absolute atomic E-state index is 13.0. The summed E-state index contributed by atoms with van der Waals surface area (Å²) in [5, 5.41) is 11.1. The number of phenols is 1. The van der Waals surface area contributed by atoms with Crippen LogP contribution >= 0.6 is 0 Å². The molecule has 0 unspecified atom stereocenters. The maximum Gasteiger partial charge on any atom is 0.300 e. The molecule has 1 aromatic rings. The van der Waals surface area contributed by atoms with Gasteiger partial charge in [-0.3, -0.25) is 4.79 Å². The van der Waals surface area contributed by atoms with E-state index >= 15 is 0 Å². The zero-order valence-electron chi connectivity index (χ0n) is 7.47. The van der Waals surface area contributed by atoms with Crippen LogP contribution in [0.3, 0.4) is 0 Å². The fourth-order valence-corrected chi connectivity index (χ4v) is 0.872. The van der Waals surface area contributed by atoms with Crippen molar-refractivity contribution in [1.82, 2.24) is 0 Å². The summed E-state index contributed by atoms with van der Waals surface area (Å²) in [5.41, 5.74) is -0.00412. The predicted molar refractivity (Wildman–Crippen MR) is 50.1 cm³/mol. The molecule has 0 saturated heterocycles. The molecule has 0 fully saturated rings. The molecule has 2 N–H and O–H groups in total. The van der Waals surface area contributed by atoms with Gasteiger partial charge in [-0.25, -0.2) is 4.39 Å². The Kier molecular flexibility index (Phi) is 3.08. The summed E-state index contributed by atoms with van der Waals surface area (Å²) in [6, 6.07) is 3.45. The van der Waals surface area contributed by atoms with Crippen LogP contribution in [0.4, 0.5) is 10.1 Å². The molecule has 72 valence electrons. The number of nitrogens with one attached hydrogen (secondary N) is 1. The van der Waals surface area contributed by atoms with Crippen molar-refractivity contribution in [2.75, 3.05) is 5.32 Å². The van der Waals surface area contributed by atoms with Gasteiger partial charge in [0.05, 0.1) is 5.69 Å². The first-order valence-electron chi connectivity index (χ1n) is 3.85. The number of hydrogen-bond acceptors (Lipinski definition) is 2. The number of anilines is 1. The van der Waals surface area contributed by atoms with E-state index < -0.39 is 11.7 Å². The number of phenolic OH excluding ortho intramolecular Hbond substituents is 1. The minimum atomic E-state index is -0.698. The number of aromatic hydroxyl groups is 1. The number of rotatable bonds is 1. The van der Waals surface area contributed by atoms with E-state index in [1.165, 1.54) is 19.1 Å². The molecule has 0 spiro atoms. The molecular weight excluding hydrogens is 185 g/mol. The van der Waals surface area contributed by atoms with E-state index in [9.17, 15) is 9.18 Å². The summed E-state index contributed by atoms with van der Waals surface area (Å²) in [4.78, 5) is 10.9. The van der Waals surface area contributed by atoms with Crippen LogP contribution in [-0.4, -0.2) is 11.0 Å². The van der Waals surface area contributed by atoms with Gasteiger partial charge in [-0.15, -0.1) is 0 Å². The second-order valence-electron chi connectivity index (χ2n) is 2.49. The topological polar surface area (TPSA) is 49.3 Å². The summed E-state index contributed by atoms with van der Waals surface area (Å²) < 4.78 is 13.0. The maximum atomic E-state index is 13.0. The minimum Gasteiger partial charge on any atom is -0.508 e. The van der Waals surface area contributed by atoms with Gasteiger partial charge in [-0.1, -0.05) is 5.92 Å². The Bertz CT molecular complexity index is 418. The van der Waals surface area contributed by atoms with Crippen molar-refractivity contribution < 1.29 is 14.3 Å². The van der Waals surface area contributed by atoms with Crippen LogP contribution in [0, 0.1) is 17.7 Å². The molecule has 0 atom stereocenters. The summed E-state index contributed by atoms with van der Waals surface area (Å²) >= 11 is 0. The third-order valence-electron chi connectivity index (χ3n) is 1.44. The molecule has 1 amide bonds. The second-order valence-corrected chi connectivity index (χ2v) is 2.49. The van der Waals surface area contributed by atoms with E-state index in [4.69, 9.17) is 5.11 Å². The molecule has 14 heavy (non-hydrogen) atoms. The van der Waals surface area contributed by atoms with Crippen LogP contribution in [0.2, 0.25) is 0 Å². The van der Waals surface area contributed by atoms with Gasteiger partial charge < -0.3 is 10.4 Å². The predicted octanol–water partition coefficient (Wildman–Crippen LogP) is 1.49. The lowest BCUT2D eigenvalue weighted by molar-refractivity contribution is -0.111. The SMILES string of the molecule is CC#CC(=O)Nc1ccc(O)cc1F. The third-order valence-corrected chi connectivity index (χ3v) is 1.44. The van der Waals surface area contributed by atoms with Crippen LogP contribution in [0.15, 0.2) is 18.2 Å². The highest BCUT2D eigenvalue weighted by Gasteiger charge is 2.04. The molecule has 3 nitrogen and oxygen atoms in total. The molecule has 0 bridgehead atoms. The van der Waals surface area contributed by atoms with Gasteiger partial charge >= 0.3 is 0 Å². The second kappa shape index (κ2) is 4.28. The van der Waals surface area contributed by atoms with Gasteiger partial charge in [0.15, 0.2) is 0 Å². The fraction of sp³-hybridized carbons (Fsp3) is 0.100. The summed E-state index contributed by atoms with van der Waals surface area (Å²) in [7, 11) is 0. The molecule has 0 aliphatic carbocycles. The number of benzene rings is 1. The van der Waals surface area contributed by atoms with Gasteiger partial charge in [-0.2, -0.15) is 0 Å². The Labute approximate surface area is 80.6 Å². The molecule has 4 heteroatoms. The van der Waals surface area contributed by atoms with Gasteiger partial charge in [0.1, 0.15) is 11.6 Å². The third kappa shape index (κ3) is 2.49. The van der Waals surface area contributed by atoms with Crippen LogP contribution in [0.25, 0.3) is 0 Å². The number of carbonyl (C=O) groups excluding carboxylic acids is 1. The molecule has 0 aromatic heterocycles. The Morgan fingerprint density at radius 2 is 2.29 bits per heavy atom. The summed E-state index contributed by atoms with van der Waals surface area (Å²) in [6.07, 6.45) is 0. The van der Waals surface area contributed by atoms with E-state index in [0.29, 0.717) is 0 Å². The number of amides is 1. The fourth-order valence-electron chi connectivity index (χ4n) is 0.872. The Morgan fingerprint density at radius 3 is 2.86 bits per heavy atom. The van der Waals surface area contributed by atoms with Crippen LogP contribution in [0.1, 0.15) is 6.92 Å². The quantitative estimate of drug-likeness (QED) is 0.524. The van der Waals surface area contributed by atoms with E-state index in [2.05, 4.69) is 17.2 Å². The molecule has 0 aliphatic heterocycles. The molecule has 0 aliphatic rings. The van der Waals surface area contributed by atoms with E-state index in [-0.39, 0.29) is 11.4 Å². The molecule has 0 radical (unpaired) electrons. The smallest absolute Gasteiger partial charge is 0.300 e. The van der Waals surface area contributed by atoms with Crippen molar-refractivity contribution in [2.24, 2.45) is 0 Å². The number of carbonyl (C=O) groups is 1. The Morgan fingerprint density at radius 1 is 1.57 bits per heavy atom. The zero-order chi connectivity index (χ0) is 10.6. The Balaban J connectivity index is 2.85. The zero-order valence-corrected chi connectivity index (χ0v) is 7.47. The molecule has 1 rings (SSSR count). The number of hydrogen-bond donors (Lipinski definition) is 2. The molecule has 0 saturated carbocycles. The van der Waals surface area contributed by atoms with Gasteiger partial charge in [-0.05, 0) is 25.0 Å². The van der Waals surface area contributed by atoms with Crippen LogP contribution in [0.5, 0.6) is 5.75 Å². The largest absolute Gasteiger partial charge is 0.508 e. The monoisotopic (exact) mass is 193 g/mol. The molecule has 0 heterocycles. The van der Waals surface area contributed by atoms with Crippen molar-refractivity contribution in [3.63, 3.8) is 0 Å². The lowest BCUT2D eigenvalue weighted by atomic mass is 10.3. The Hall–Kier alpha value is -2.02. The first-order valence-corrected chi connectivity index (χ1v) is 3.85. The van der Waals surface area contributed by atoms with E-state index in [0.717, 1.165) is 6.07 Å². The van der Waals surface area contributed by atoms with E-state index in [1.807, 2.05) is 0 Å². The normalized spacial score (nSPS) is 8.71. The van der Waals surface area contributed by atoms with Crippen molar-refractivity contribution in [2.45, 2.75) is 6.92 Å². The highest BCUT2D eigenvalue weighted by Crippen LogP contribution is 2.18. The van der Waals surface area contributed by atoms with E-state index in [1.54, 1.807) is 0 Å². The lowest BCUT2D eigenvalue weighted by Crippen LogP contribution is -2.09. The average molecular weight is 193 g/mol. The number of halogens is 1. The standard InChI is InChI=1S/C10H8FNO2/c1-2-3-10(14)12-9-5-4-7(13)6-8(9)11/h4-6,13H,1H3,(H,12,14). The van der Waals surface area contributed by atoms with Crippen molar-refractivity contribution in [3.05, 3.63) is 24.0 Å². The minimum absolute atomic E-state index is 0.00412. The molecular formula is C10H8FNO2. The highest BCUT2D eigenvalue weighted by molar-refractivity contribution is 6.03. The summed E-state index contributed by atoms with van der Waals surface area (Å²) in [5.74, 6) is 3.11. The van der Waals surface area contributed by atoms with Gasteiger partial charge in [0.25, 0.3) is 5.91 Å². The average Bonchev–Trinajstić information content (AvgIpc) is 2.10. The lowest BCUT2D eigenvalue weighted by Gasteiger charge is -2.02. The van der Waals surface area contributed by atoms with Crippen molar-refractivity contribution in [1.29, 1.82) is 0 Å². The van der Waals surface area contributed by atoms with Crippen LogP contribution in [-0.2, 0) is 4.79 Å². The molecule has 1 aromatic carbocycles. The highest BCUT2D eigenvalue weighted by atomic mass is 19.1. The van der Waals surface area contributed by atoms with Gasteiger partial charge in [0, 0.05) is 6.07 Å². The van der Waals surface area contributed by atoms with Gasteiger partial charge in [0.2, 0.25) is 0 Å². The van der Waals surface area contributed by atoms with Crippen LogP contribution < -0.4 is 5.32 Å². The van der Waals surface area contributed by atoms with Crippen molar-refractivity contribution >= 4 is 11.6 Å². The van der Waals surface area contributed by atoms with Crippen molar-refractivity contribution in [3.8, 4) is 17.6 Å². The first-order chi connectivity index (χ1) is 6.63. The summed E-state index contributed by atoms with van der Waals surface area (Å²) in [6.45, 7) is 1.51. The first kappa shape index (κ1) is 10.1.